The number of aromatic nitrogens is 1. The largest absolute Gasteiger partial charge is 0.378 e. The van der Waals surface area contributed by atoms with Crippen molar-refractivity contribution < 1.29 is 4.79 Å². The first-order chi connectivity index (χ1) is 13.6. The van der Waals surface area contributed by atoms with Crippen LogP contribution in [0.2, 0.25) is 0 Å². The van der Waals surface area contributed by atoms with Gasteiger partial charge in [-0.15, -0.1) is 0 Å². The highest BCUT2D eigenvalue weighted by Gasteiger charge is 2.15. The summed E-state index contributed by atoms with van der Waals surface area (Å²) in [6, 6.07) is 21.8. The standard InChI is InChI=1S/C23H26N4O/c1-4-27(17-18-8-6-5-7-9-18)23(28)22-15-12-20(16-24-22)25-19-10-13-21(14-11-19)26(2)3/h5-16,25H,4,17H2,1-3H3. The van der Waals surface area contributed by atoms with Crippen molar-refractivity contribution in [2.24, 2.45) is 0 Å². The summed E-state index contributed by atoms with van der Waals surface area (Å²) in [7, 11) is 4.03. The molecule has 5 nitrogen and oxygen atoms in total. The van der Waals surface area contributed by atoms with E-state index in [-0.39, 0.29) is 5.91 Å². The normalized spacial score (nSPS) is 10.4. The Labute approximate surface area is 166 Å². The molecule has 0 atom stereocenters. The molecule has 0 aliphatic rings. The molecule has 3 aromatic rings. The molecule has 5 heteroatoms. The van der Waals surface area contributed by atoms with Crippen LogP contribution in [0.3, 0.4) is 0 Å². The van der Waals surface area contributed by atoms with Gasteiger partial charge in [-0.1, -0.05) is 30.3 Å². The molecule has 0 radical (unpaired) electrons. The lowest BCUT2D eigenvalue weighted by molar-refractivity contribution is 0.0746. The van der Waals surface area contributed by atoms with Crippen molar-refractivity contribution >= 4 is 23.0 Å². The molecule has 0 unspecified atom stereocenters. The molecule has 1 N–H and O–H groups in total. The van der Waals surface area contributed by atoms with Crippen molar-refractivity contribution in [3.8, 4) is 0 Å². The summed E-state index contributed by atoms with van der Waals surface area (Å²) in [6.07, 6.45) is 1.70. The number of hydrogen-bond donors (Lipinski definition) is 1. The van der Waals surface area contributed by atoms with Crippen molar-refractivity contribution in [1.82, 2.24) is 9.88 Å². The van der Waals surface area contributed by atoms with E-state index in [4.69, 9.17) is 0 Å². The second-order valence-electron chi connectivity index (χ2n) is 6.80. The smallest absolute Gasteiger partial charge is 0.272 e. The van der Waals surface area contributed by atoms with Crippen molar-refractivity contribution in [3.05, 3.63) is 84.2 Å². The Hall–Kier alpha value is -3.34. The van der Waals surface area contributed by atoms with Gasteiger partial charge in [-0.2, -0.15) is 0 Å². The summed E-state index contributed by atoms with van der Waals surface area (Å²) >= 11 is 0. The summed E-state index contributed by atoms with van der Waals surface area (Å²) < 4.78 is 0. The fraction of sp³-hybridized carbons (Fsp3) is 0.217. The van der Waals surface area contributed by atoms with Crippen LogP contribution < -0.4 is 10.2 Å². The molecule has 3 rings (SSSR count). The average molecular weight is 374 g/mol. The van der Waals surface area contributed by atoms with E-state index in [1.807, 2.05) is 69.6 Å². The number of pyridine rings is 1. The van der Waals surface area contributed by atoms with E-state index in [0.29, 0.717) is 18.8 Å². The predicted octanol–water partition coefficient (Wildman–Crippen LogP) is 4.55. The van der Waals surface area contributed by atoms with Gasteiger partial charge in [-0.3, -0.25) is 4.79 Å². The molecule has 0 saturated carbocycles. The van der Waals surface area contributed by atoms with Gasteiger partial charge in [0.25, 0.3) is 5.91 Å². The van der Waals surface area contributed by atoms with Crippen LogP contribution >= 0.6 is 0 Å². The topological polar surface area (TPSA) is 48.5 Å². The fourth-order valence-corrected chi connectivity index (χ4v) is 2.90. The highest BCUT2D eigenvalue weighted by molar-refractivity contribution is 5.92. The third kappa shape index (κ3) is 4.88. The molecule has 1 amide bonds. The fourth-order valence-electron chi connectivity index (χ4n) is 2.90. The van der Waals surface area contributed by atoms with Crippen LogP contribution in [-0.4, -0.2) is 36.4 Å². The van der Waals surface area contributed by atoms with Gasteiger partial charge in [-0.25, -0.2) is 4.98 Å². The van der Waals surface area contributed by atoms with E-state index in [9.17, 15) is 4.79 Å². The highest BCUT2D eigenvalue weighted by atomic mass is 16.2. The van der Waals surface area contributed by atoms with E-state index in [2.05, 4.69) is 27.3 Å². The Morgan fingerprint density at radius 2 is 1.61 bits per heavy atom. The molecule has 0 aliphatic carbocycles. The quantitative estimate of drug-likeness (QED) is 0.659. The van der Waals surface area contributed by atoms with Crippen LogP contribution in [-0.2, 0) is 6.54 Å². The molecular formula is C23H26N4O. The van der Waals surface area contributed by atoms with Gasteiger partial charge in [0, 0.05) is 38.6 Å². The number of amides is 1. The van der Waals surface area contributed by atoms with Crippen molar-refractivity contribution in [3.63, 3.8) is 0 Å². The van der Waals surface area contributed by atoms with E-state index < -0.39 is 0 Å². The lowest BCUT2D eigenvalue weighted by atomic mass is 10.2. The minimum Gasteiger partial charge on any atom is -0.378 e. The first-order valence-electron chi connectivity index (χ1n) is 9.40. The third-order valence-corrected chi connectivity index (χ3v) is 4.54. The van der Waals surface area contributed by atoms with E-state index >= 15 is 0 Å². The Balaban J connectivity index is 1.66. The zero-order valence-corrected chi connectivity index (χ0v) is 16.6. The van der Waals surface area contributed by atoms with Crippen LogP contribution in [0.5, 0.6) is 0 Å². The number of nitrogens with zero attached hydrogens (tertiary/aromatic N) is 3. The van der Waals surface area contributed by atoms with Gasteiger partial charge in [0.15, 0.2) is 0 Å². The number of carbonyl (C=O) groups excluding carboxylic acids is 1. The maximum atomic E-state index is 12.8. The highest BCUT2D eigenvalue weighted by Crippen LogP contribution is 2.20. The van der Waals surface area contributed by atoms with Crippen LogP contribution in [0.1, 0.15) is 23.0 Å². The monoisotopic (exact) mass is 374 g/mol. The number of nitrogens with one attached hydrogen (secondary N) is 1. The van der Waals surface area contributed by atoms with E-state index in [1.165, 1.54) is 0 Å². The second kappa shape index (κ2) is 9.04. The van der Waals surface area contributed by atoms with Crippen molar-refractivity contribution in [2.45, 2.75) is 13.5 Å². The van der Waals surface area contributed by atoms with Gasteiger partial charge >= 0.3 is 0 Å². The van der Waals surface area contributed by atoms with Gasteiger partial charge < -0.3 is 15.1 Å². The molecule has 144 valence electrons. The zero-order chi connectivity index (χ0) is 19.9. The number of benzene rings is 2. The van der Waals surface area contributed by atoms with Crippen LogP contribution in [0.15, 0.2) is 72.9 Å². The molecule has 0 fully saturated rings. The Morgan fingerprint density at radius 3 is 2.18 bits per heavy atom. The third-order valence-electron chi connectivity index (χ3n) is 4.54. The first kappa shape index (κ1) is 19.4. The second-order valence-corrected chi connectivity index (χ2v) is 6.80. The molecule has 0 aliphatic heterocycles. The average Bonchev–Trinajstić information content (AvgIpc) is 2.73. The molecule has 0 bridgehead atoms. The van der Waals surface area contributed by atoms with Crippen molar-refractivity contribution in [1.29, 1.82) is 0 Å². The molecule has 1 aromatic heterocycles. The number of rotatable bonds is 7. The van der Waals surface area contributed by atoms with Gasteiger partial charge in [0.1, 0.15) is 5.69 Å². The SMILES string of the molecule is CCN(Cc1ccccc1)C(=O)c1ccc(Nc2ccc(N(C)C)cc2)cn1. The molecule has 2 aromatic carbocycles. The minimum absolute atomic E-state index is 0.0618. The summed E-state index contributed by atoms with van der Waals surface area (Å²) in [6.45, 7) is 3.19. The van der Waals surface area contributed by atoms with E-state index in [1.54, 1.807) is 17.2 Å². The maximum Gasteiger partial charge on any atom is 0.272 e. The summed E-state index contributed by atoms with van der Waals surface area (Å²) in [5.74, 6) is -0.0618. The maximum absolute atomic E-state index is 12.8. The minimum atomic E-state index is -0.0618. The molecular weight excluding hydrogens is 348 g/mol. The summed E-state index contributed by atoms with van der Waals surface area (Å²) in [5, 5.41) is 3.31. The van der Waals surface area contributed by atoms with Crippen LogP contribution in [0.25, 0.3) is 0 Å². The molecule has 28 heavy (non-hydrogen) atoms. The predicted molar refractivity (Wildman–Crippen MR) is 115 cm³/mol. The zero-order valence-electron chi connectivity index (χ0n) is 16.6. The molecule has 1 heterocycles. The molecule has 0 spiro atoms. The molecule has 0 saturated heterocycles. The first-order valence-corrected chi connectivity index (χ1v) is 9.40. The number of hydrogen-bond acceptors (Lipinski definition) is 4. The Bertz CT molecular complexity index is 890. The van der Waals surface area contributed by atoms with E-state index in [0.717, 1.165) is 22.6 Å². The van der Waals surface area contributed by atoms with Crippen molar-refractivity contribution in [2.75, 3.05) is 30.9 Å². The van der Waals surface area contributed by atoms with Crippen LogP contribution in [0.4, 0.5) is 17.1 Å². The summed E-state index contributed by atoms with van der Waals surface area (Å²) in [4.78, 5) is 21.0. The van der Waals surface area contributed by atoms with Gasteiger partial charge in [0.05, 0.1) is 11.9 Å². The van der Waals surface area contributed by atoms with Gasteiger partial charge in [-0.05, 0) is 48.9 Å². The number of carbonyl (C=O) groups is 1. The van der Waals surface area contributed by atoms with Crippen LogP contribution in [0, 0.1) is 0 Å². The Morgan fingerprint density at radius 1 is 0.929 bits per heavy atom. The summed E-state index contributed by atoms with van der Waals surface area (Å²) in [5.41, 5.74) is 4.53. The number of anilines is 3. The lowest BCUT2D eigenvalue weighted by Gasteiger charge is -2.20. The Kier molecular flexibility index (Phi) is 6.27. The lowest BCUT2D eigenvalue weighted by Crippen LogP contribution is -2.30. The van der Waals surface area contributed by atoms with Gasteiger partial charge in [0.2, 0.25) is 0 Å².